The fraction of sp³-hybridized carbons (Fsp3) is 0.0400. The average Bonchev–Trinajstić information content (AvgIpc) is 3.31. The molecule has 0 aliphatic heterocycles. The van der Waals surface area contributed by atoms with E-state index in [2.05, 4.69) is 71.7 Å². The van der Waals surface area contributed by atoms with Crippen LogP contribution in [0.1, 0.15) is 0 Å². The summed E-state index contributed by atoms with van der Waals surface area (Å²) in [6, 6.07) is 28.1. The van der Waals surface area contributed by atoms with Crippen LogP contribution in [0.15, 0.2) is 78.9 Å². The maximum Gasteiger partial charge on any atom is 0.118 e. The first-order valence-electron chi connectivity index (χ1n) is 9.32. The molecule has 6 rings (SSSR count). The molecule has 1 N–H and O–H groups in total. The van der Waals surface area contributed by atoms with Crippen LogP contribution in [0.4, 0.5) is 0 Å². The van der Waals surface area contributed by atoms with Crippen molar-refractivity contribution in [2.45, 2.75) is 0 Å². The zero-order valence-electron chi connectivity index (χ0n) is 15.3. The summed E-state index contributed by atoms with van der Waals surface area (Å²) in [5.74, 6) is 0.878. The third kappa shape index (κ3) is 2.20. The summed E-state index contributed by atoms with van der Waals surface area (Å²) >= 11 is 1.86. The normalized spacial score (nSPS) is 11.8. The number of H-pyrrole nitrogens is 1. The van der Waals surface area contributed by atoms with Gasteiger partial charge in [-0.15, -0.1) is 11.3 Å². The summed E-state index contributed by atoms with van der Waals surface area (Å²) in [4.78, 5) is 3.68. The Morgan fingerprint density at radius 2 is 1.54 bits per heavy atom. The predicted molar refractivity (Wildman–Crippen MR) is 121 cm³/mol. The zero-order valence-corrected chi connectivity index (χ0v) is 16.1. The minimum Gasteiger partial charge on any atom is -0.497 e. The largest absolute Gasteiger partial charge is 0.497 e. The highest BCUT2D eigenvalue weighted by atomic mass is 32.1. The molecule has 0 spiro atoms. The molecule has 0 radical (unpaired) electrons. The topological polar surface area (TPSA) is 25.0 Å². The first kappa shape index (κ1) is 15.7. The van der Waals surface area contributed by atoms with Crippen LogP contribution in [0.25, 0.3) is 53.1 Å². The molecule has 0 aliphatic rings. The Morgan fingerprint density at radius 3 is 2.39 bits per heavy atom. The van der Waals surface area contributed by atoms with Crippen LogP contribution in [0, 0.1) is 0 Å². The van der Waals surface area contributed by atoms with E-state index in [0.717, 1.165) is 5.75 Å². The average molecular weight is 379 g/mol. The van der Waals surface area contributed by atoms with Gasteiger partial charge in [-0.3, -0.25) is 0 Å². The van der Waals surface area contributed by atoms with Crippen molar-refractivity contribution in [3.8, 4) is 16.9 Å². The van der Waals surface area contributed by atoms with Crippen molar-refractivity contribution < 1.29 is 4.74 Å². The van der Waals surface area contributed by atoms with E-state index < -0.39 is 0 Å². The molecule has 0 bridgehead atoms. The number of nitrogens with one attached hydrogen (secondary N) is 1. The minimum absolute atomic E-state index is 0.878. The molecule has 0 aliphatic carbocycles. The molecule has 2 nitrogen and oxygen atoms in total. The second kappa shape index (κ2) is 5.85. The maximum absolute atomic E-state index is 5.28. The molecule has 4 aromatic carbocycles. The van der Waals surface area contributed by atoms with Crippen LogP contribution < -0.4 is 4.74 Å². The number of thiophene rings is 1. The van der Waals surface area contributed by atoms with Crippen LogP contribution in [0.5, 0.6) is 5.75 Å². The first-order chi connectivity index (χ1) is 13.8. The molecule has 0 atom stereocenters. The summed E-state index contributed by atoms with van der Waals surface area (Å²) in [5.41, 5.74) is 4.82. The van der Waals surface area contributed by atoms with Crippen molar-refractivity contribution in [3.05, 3.63) is 78.9 Å². The van der Waals surface area contributed by atoms with Gasteiger partial charge in [0.15, 0.2) is 0 Å². The van der Waals surface area contributed by atoms with Crippen molar-refractivity contribution in [2.24, 2.45) is 0 Å². The third-order valence-corrected chi connectivity index (χ3v) is 6.67. The first-order valence-corrected chi connectivity index (χ1v) is 10.1. The SMILES string of the molecule is COc1ccc(-c2ccc3[nH]c4c(ccc5sc6ccccc6c54)c3c2)cc1. The van der Waals surface area contributed by atoms with Gasteiger partial charge in [0, 0.05) is 36.5 Å². The van der Waals surface area contributed by atoms with Crippen LogP contribution in [-0.4, -0.2) is 12.1 Å². The van der Waals surface area contributed by atoms with E-state index in [9.17, 15) is 0 Å². The highest BCUT2D eigenvalue weighted by Gasteiger charge is 2.13. The number of rotatable bonds is 2. The van der Waals surface area contributed by atoms with Gasteiger partial charge in [-0.2, -0.15) is 0 Å². The summed E-state index contributed by atoms with van der Waals surface area (Å²) in [7, 11) is 1.70. The summed E-state index contributed by atoms with van der Waals surface area (Å²) in [5, 5.41) is 5.21. The predicted octanol–water partition coefficient (Wildman–Crippen LogP) is 7.36. The lowest BCUT2D eigenvalue weighted by molar-refractivity contribution is 0.415. The fourth-order valence-electron chi connectivity index (χ4n) is 4.14. The highest BCUT2D eigenvalue weighted by molar-refractivity contribution is 7.26. The zero-order chi connectivity index (χ0) is 18.7. The quantitative estimate of drug-likeness (QED) is 0.334. The number of ether oxygens (including phenoxy) is 1. The second-order valence-corrected chi connectivity index (χ2v) is 8.16. The smallest absolute Gasteiger partial charge is 0.118 e. The second-order valence-electron chi connectivity index (χ2n) is 7.07. The number of hydrogen-bond donors (Lipinski definition) is 1. The Hall–Kier alpha value is -3.30. The molecule has 6 aromatic rings. The van der Waals surface area contributed by atoms with Gasteiger partial charge in [0.05, 0.1) is 12.6 Å². The lowest BCUT2D eigenvalue weighted by atomic mass is 10.0. The van der Waals surface area contributed by atoms with E-state index in [1.165, 1.54) is 53.1 Å². The number of hydrogen-bond acceptors (Lipinski definition) is 2. The van der Waals surface area contributed by atoms with Crippen LogP contribution in [0.2, 0.25) is 0 Å². The van der Waals surface area contributed by atoms with Gasteiger partial charge in [0.2, 0.25) is 0 Å². The Kier molecular flexibility index (Phi) is 3.28. The van der Waals surface area contributed by atoms with Gasteiger partial charge < -0.3 is 9.72 Å². The monoisotopic (exact) mass is 379 g/mol. The molecule has 0 fully saturated rings. The van der Waals surface area contributed by atoms with Crippen LogP contribution in [-0.2, 0) is 0 Å². The Bertz CT molecular complexity index is 1490. The summed E-state index contributed by atoms with van der Waals surface area (Å²) < 4.78 is 7.95. The Labute approximate surface area is 166 Å². The molecule has 0 amide bonds. The number of aromatic nitrogens is 1. The molecule has 0 saturated heterocycles. The van der Waals surface area contributed by atoms with E-state index in [-0.39, 0.29) is 0 Å². The Balaban J connectivity index is 1.63. The summed E-state index contributed by atoms with van der Waals surface area (Å²) in [6.45, 7) is 0. The molecule has 2 aromatic heterocycles. The van der Waals surface area contributed by atoms with Gasteiger partial charge in [0.25, 0.3) is 0 Å². The van der Waals surface area contributed by atoms with E-state index in [4.69, 9.17) is 4.74 Å². The standard InChI is InChI=1S/C25H17NOS/c1-27-17-9-6-15(7-10-17)16-8-12-21-20(14-16)18-11-13-23-24(25(18)26-21)19-4-2-3-5-22(19)28-23/h2-14,26H,1H3. The van der Waals surface area contributed by atoms with E-state index in [1.54, 1.807) is 7.11 Å². The highest BCUT2D eigenvalue weighted by Crippen LogP contribution is 2.40. The van der Waals surface area contributed by atoms with Gasteiger partial charge >= 0.3 is 0 Å². The van der Waals surface area contributed by atoms with Gasteiger partial charge in [0.1, 0.15) is 5.75 Å². The van der Waals surface area contributed by atoms with E-state index >= 15 is 0 Å². The molecule has 0 unspecified atom stereocenters. The van der Waals surface area contributed by atoms with Crippen LogP contribution in [0.3, 0.4) is 0 Å². The lowest BCUT2D eigenvalue weighted by Gasteiger charge is -2.04. The fourth-order valence-corrected chi connectivity index (χ4v) is 5.26. The molecule has 0 saturated carbocycles. The molecular weight excluding hydrogens is 362 g/mol. The minimum atomic E-state index is 0.878. The van der Waals surface area contributed by atoms with E-state index in [0.29, 0.717) is 0 Å². The maximum atomic E-state index is 5.28. The summed E-state index contributed by atoms with van der Waals surface area (Å²) in [6.07, 6.45) is 0. The number of fused-ring (bicyclic) bond motifs is 7. The molecule has 2 heterocycles. The molecular formula is C25H17NOS. The van der Waals surface area contributed by atoms with Gasteiger partial charge in [-0.1, -0.05) is 42.5 Å². The molecule has 134 valence electrons. The van der Waals surface area contributed by atoms with Crippen LogP contribution >= 0.6 is 11.3 Å². The van der Waals surface area contributed by atoms with Crippen molar-refractivity contribution in [3.63, 3.8) is 0 Å². The van der Waals surface area contributed by atoms with Crippen molar-refractivity contribution in [1.82, 2.24) is 4.98 Å². The van der Waals surface area contributed by atoms with Gasteiger partial charge in [-0.25, -0.2) is 0 Å². The van der Waals surface area contributed by atoms with Crippen molar-refractivity contribution in [2.75, 3.05) is 7.11 Å². The number of benzene rings is 4. The molecule has 28 heavy (non-hydrogen) atoms. The van der Waals surface area contributed by atoms with Crippen molar-refractivity contribution >= 4 is 53.3 Å². The lowest BCUT2D eigenvalue weighted by Crippen LogP contribution is -1.82. The third-order valence-electron chi connectivity index (χ3n) is 5.54. The number of methoxy groups -OCH3 is 1. The Morgan fingerprint density at radius 1 is 0.714 bits per heavy atom. The van der Waals surface area contributed by atoms with Gasteiger partial charge in [-0.05, 0) is 47.5 Å². The number of aromatic amines is 1. The van der Waals surface area contributed by atoms with E-state index in [1.807, 2.05) is 23.5 Å². The van der Waals surface area contributed by atoms with Crippen molar-refractivity contribution in [1.29, 1.82) is 0 Å². The molecule has 3 heteroatoms.